The first-order chi connectivity index (χ1) is 18.5. The SMILES string of the molecule is CCOCc1cccc(-n2nc(C(=O)OCC)c3c2C(=O)N(c2ccc(N4CCCCC4=O)cc2)CC3)c1. The molecule has 1 fully saturated rings. The number of ether oxygens (including phenoxy) is 2. The lowest BCUT2D eigenvalue weighted by Crippen LogP contribution is -2.39. The number of hydrogen-bond donors (Lipinski definition) is 0. The Hall–Kier alpha value is -3.98. The topological polar surface area (TPSA) is 94.0 Å². The van der Waals surface area contributed by atoms with Crippen LogP contribution in [0, 0.1) is 0 Å². The first kappa shape index (κ1) is 25.7. The zero-order valence-corrected chi connectivity index (χ0v) is 21.8. The Bertz CT molecular complexity index is 1350. The highest BCUT2D eigenvalue weighted by atomic mass is 16.5. The number of carbonyl (C=O) groups excluding carboxylic acids is 3. The smallest absolute Gasteiger partial charge is 0.359 e. The van der Waals surface area contributed by atoms with E-state index in [9.17, 15) is 14.4 Å². The summed E-state index contributed by atoms with van der Waals surface area (Å²) in [5, 5.41) is 4.57. The van der Waals surface area contributed by atoms with Gasteiger partial charge >= 0.3 is 5.97 Å². The predicted molar refractivity (Wildman–Crippen MR) is 143 cm³/mol. The number of rotatable bonds is 8. The minimum Gasteiger partial charge on any atom is -0.461 e. The maximum absolute atomic E-state index is 13.9. The van der Waals surface area contributed by atoms with Crippen LogP contribution >= 0.6 is 0 Å². The minimum absolute atomic E-state index is 0.129. The fraction of sp³-hybridized carbons (Fsp3) is 0.379. The standard InChI is InChI=1S/C29H32N4O5/c1-3-37-19-20-8-7-9-23(18-20)33-27-24(26(30-33)29(36)38-4-2)15-17-32(28(27)35)22-13-11-21(12-14-22)31-16-6-5-10-25(31)34/h7-9,11-14,18H,3-6,10,15-17,19H2,1-2H3. The molecule has 9 heteroatoms. The van der Waals surface area contributed by atoms with Crippen LogP contribution in [0.15, 0.2) is 48.5 Å². The Labute approximate surface area is 221 Å². The Morgan fingerprint density at radius 3 is 2.37 bits per heavy atom. The number of aromatic nitrogens is 2. The Balaban J connectivity index is 1.50. The number of benzene rings is 2. The van der Waals surface area contributed by atoms with Gasteiger partial charge in [-0.2, -0.15) is 5.10 Å². The van der Waals surface area contributed by atoms with Gasteiger partial charge in [-0.1, -0.05) is 12.1 Å². The lowest BCUT2D eigenvalue weighted by atomic mass is 10.0. The molecule has 198 valence electrons. The first-order valence-corrected chi connectivity index (χ1v) is 13.2. The summed E-state index contributed by atoms with van der Waals surface area (Å²) in [6.45, 7) is 6.03. The number of carbonyl (C=O) groups is 3. The Morgan fingerprint density at radius 2 is 1.66 bits per heavy atom. The van der Waals surface area contributed by atoms with Crippen molar-refractivity contribution in [3.05, 3.63) is 71.0 Å². The molecular weight excluding hydrogens is 484 g/mol. The van der Waals surface area contributed by atoms with Gasteiger partial charge in [0.1, 0.15) is 5.69 Å². The highest BCUT2D eigenvalue weighted by molar-refractivity contribution is 6.09. The molecule has 5 rings (SSSR count). The Morgan fingerprint density at radius 1 is 0.895 bits per heavy atom. The summed E-state index contributed by atoms with van der Waals surface area (Å²) < 4.78 is 12.4. The van der Waals surface area contributed by atoms with Crippen molar-refractivity contribution in [2.45, 2.75) is 46.1 Å². The molecule has 2 amide bonds. The van der Waals surface area contributed by atoms with Crippen molar-refractivity contribution in [2.75, 3.05) is 36.1 Å². The van der Waals surface area contributed by atoms with E-state index < -0.39 is 5.97 Å². The molecule has 3 heterocycles. The molecule has 38 heavy (non-hydrogen) atoms. The second-order valence-electron chi connectivity index (χ2n) is 9.34. The van der Waals surface area contributed by atoms with Crippen LogP contribution in [0.25, 0.3) is 5.69 Å². The number of amides is 2. The van der Waals surface area contributed by atoms with Crippen molar-refractivity contribution in [3.8, 4) is 5.69 Å². The average molecular weight is 517 g/mol. The van der Waals surface area contributed by atoms with Crippen molar-refractivity contribution >= 4 is 29.2 Å². The molecule has 2 aromatic carbocycles. The molecule has 0 atom stereocenters. The van der Waals surface area contributed by atoms with E-state index in [0.717, 1.165) is 29.8 Å². The normalized spacial score (nSPS) is 15.5. The van der Waals surface area contributed by atoms with Gasteiger partial charge in [0.25, 0.3) is 5.91 Å². The summed E-state index contributed by atoms with van der Waals surface area (Å²) in [5.74, 6) is -0.652. The van der Waals surface area contributed by atoms with E-state index in [1.54, 1.807) is 21.4 Å². The minimum atomic E-state index is -0.537. The largest absolute Gasteiger partial charge is 0.461 e. The van der Waals surface area contributed by atoms with Crippen molar-refractivity contribution in [1.82, 2.24) is 9.78 Å². The van der Waals surface area contributed by atoms with E-state index >= 15 is 0 Å². The van der Waals surface area contributed by atoms with Crippen molar-refractivity contribution < 1.29 is 23.9 Å². The second kappa shape index (κ2) is 11.2. The maximum Gasteiger partial charge on any atom is 0.359 e. The average Bonchev–Trinajstić information content (AvgIpc) is 3.34. The number of esters is 1. The summed E-state index contributed by atoms with van der Waals surface area (Å²) in [6, 6.07) is 15.1. The fourth-order valence-corrected chi connectivity index (χ4v) is 5.05. The third-order valence-corrected chi connectivity index (χ3v) is 6.91. The van der Waals surface area contributed by atoms with Gasteiger partial charge in [-0.15, -0.1) is 0 Å². The maximum atomic E-state index is 13.9. The third kappa shape index (κ3) is 4.93. The van der Waals surface area contributed by atoms with Crippen LogP contribution in [0.2, 0.25) is 0 Å². The quantitative estimate of drug-likeness (QED) is 0.414. The summed E-state index contributed by atoms with van der Waals surface area (Å²) in [7, 11) is 0. The van der Waals surface area contributed by atoms with Crippen molar-refractivity contribution in [2.24, 2.45) is 0 Å². The molecule has 1 saturated heterocycles. The summed E-state index contributed by atoms with van der Waals surface area (Å²) in [6.07, 6.45) is 2.93. The molecule has 9 nitrogen and oxygen atoms in total. The van der Waals surface area contributed by atoms with Crippen LogP contribution in [0.1, 0.15) is 65.2 Å². The zero-order valence-electron chi connectivity index (χ0n) is 21.8. The molecule has 0 radical (unpaired) electrons. The number of nitrogens with zero attached hydrogens (tertiary/aromatic N) is 4. The van der Waals surface area contributed by atoms with Crippen LogP contribution in [0.3, 0.4) is 0 Å². The van der Waals surface area contributed by atoms with Gasteiger partial charge in [0.15, 0.2) is 5.69 Å². The van der Waals surface area contributed by atoms with Gasteiger partial charge < -0.3 is 19.3 Å². The molecule has 0 bridgehead atoms. The van der Waals surface area contributed by atoms with E-state index in [0.29, 0.717) is 56.1 Å². The van der Waals surface area contributed by atoms with Gasteiger partial charge in [0.2, 0.25) is 5.91 Å². The number of hydrogen-bond acceptors (Lipinski definition) is 6. The number of piperidine rings is 1. The fourth-order valence-electron chi connectivity index (χ4n) is 5.05. The van der Waals surface area contributed by atoms with Gasteiger partial charge in [-0.05, 0) is 75.1 Å². The van der Waals surface area contributed by atoms with Crippen LogP contribution in [0.5, 0.6) is 0 Å². The number of anilines is 2. The van der Waals surface area contributed by atoms with E-state index in [4.69, 9.17) is 9.47 Å². The molecule has 0 unspecified atom stereocenters. The highest BCUT2D eigenvalue weighted by Gasteiger charge is 2.35. The van der Waals surface area contributed by atoms with Crippen molar-refractivity contribution in [1.29, 1.82) is 0 Å². The Kier molecular flexibility index (Phi) is 7.55. The molecule has 0 N–H and O–H groups in total. The molecule has 0 spiro atoms. The van der Waals surface area contributed by atoms with Crippen LogP contribution in [0.4, 0.5) is 11.4 Å². The zero-order chi connectivity index (χ0) is 26.6. The predicted octanol–water partition coefficient (Wildman–Crippen LogP) is 4.31. The van der Waals surface area contributed by atoms with E-state index in [-0.39, 0.29) is 24.1 Å². The van der Waals surface area contributed by atoms with Gasteiger partial charge in [-0.3, -0.25) is 9.59 Å². The van der Waals surface area contributed by atoms with E-state index in [1.165, 1.54) is 0 Å². The van der Waals surface area contributed by atoms with E-state index in [2.05, 4.69) is 5.10 Å². The van der Waals surface area contributed by atoms with Gasteiger partial charge in [0.05, 0.1) is 18.9 Å². The monoisotopic (exact) mass is 516 g/mol. The molecule has 0 aliphatic carbocycles. The highest BCUT2D eigenvalue weighted by Crippen LogP contribution is 2.31. The van der Waals surface area contributed by atoms with Gasteiger partial charge in [0, 0.05) is 43.1 Å². The third-order valence-electron chi connectivity index (χ3n) is 6.91. The summed E-state index contributed by atoms with van der Waals surface area (Å²) in [5.41, 5.74) is 4.29. The molecule has 3 aromatic rings. The van der Waals surface area contributed by atoms with Crippen LogP contribution < -0.4 is 9.80 Å². The molecule has 0 saturated carbocycles. The molecule has 2 aliphatic heterocycles. The van der Waals surface area contributed by atoms with Crippen LogP contribution in [-0.4, -0.2) is 53.9 Å². The van der Waals surface area contributed by atoms with E-state index in [1.807, 2.05) is 55.5 Å². The molecule has 2 aliphatic rings. The lowest BCUT2D eigenvalue weighted by molar-refractivity contribution is -0.119. The van der Waals surface area contributed by atoms with Crippen molar-refractivity contribution in [3.63, 3.8) is 0 Å². The second-order valence-corrected chi connectivity index (χ2v) is 9.34. The molecular formula is C29H32N4O5. The number of fused-ring (bicyclic) bond motifs is 1. The summed E-state index contributed by atoms with van der Waals surface area (Å²) in [4.78, 5) is 42.5. The van der Waals surface area contributed by atoms with Gasteiger partial charge in [-0.25, -0.2) is 9.48 Å². The molecule has 1 aromatic heterocycles. The summed E-state index contributed by atoms with van der Waals surface area (Å²) >= 11 is 0. The van der Waals surface area contributed by atoms with Crippen LogP contribution in [-0.2, 0) is 27.3 Å². The first-order valence-electron chi connectivity index (χ1n) is 13.2. The lowest BCUT2D eigenvalue weighted by Gasteiger charge is -2.29.